The summed E-state index contributed by atoms with van der Waals surface area (Å²) in [5, 5.41) is 6.34. The summed E-state index contributed by atoms with van der Waals surface area (Å²) in [7, 11) is 0. The number of hydrogen-bond donors (Lipinski definition) is 3. The fraction of sp³-hybridized carbons (Fsp3) is 0.150. The van der Waals surface area contributed by atoms with Crippen LogP contribution in [-0.2, 0) is 12.6 Å². The van der Waals surface area contributed by atoms with E-state index < -0.39 is 29.4 Å². The van der Waals surface area contributed by atoms with E-state index in [1.165, 1.54) is 30.3 Å². The van der Waals surface area contributed by atoms with Gasteiger partial charge in [-0.15, -0.1) is 0 Å². The molecule has 0 fully saturated rings. The second kappa shape index (κ2) is 9.19. The maximum Gasteiger partial charge on any atom is 0.435 e. The van der Waals surface area contributed by atoms with Crippen molar-refractivity contribution in [3.8, 4) is 5.69 Å². The van der Waals surface area contributed by atoms with Gasteiger partial charge in [0.1, 0.15) is 5.69 Å². The van der Waals surface area contributed by atoms with Crippen LogP contribution >= 0.6 is 23.2 Å². The Morgan fingerprint density at radius 1 is 1.12 bits per heavy atom. The minimum absolute atomic E-state index is 0.0509. The molecule has 1 heterocycles. The Morgan fingerprint density at radius 3 is 2.41 bits per heavy atom. The van der Waals surface area contributed by atoms with Crippen molar-refractivity contribution < 1.29 is 22.8 Å². The van der Waals surface area contributed by atoms with Crippen LogP contribution in [0.5, 0.6) is 0 Å². The van der Waals surface area contributed by atoms with E-state index in [0.717, 1.165) is 4.68 Å². The highest BCUT2D eigenvalue weighted by atomic mass is 35.5. The Morgan fingerprint density at radius 2 is 1.81 bits per heavy atom. The lowest BCUT2D eigenvalue weighted by molar-refractivity contribution is -0.141. The van der Waals surface area contributed by atoms with Gasteiger partial charge in [0.25, 0.3) is 11.8 Å². The van der Waals surface area contributed by atoms with E-state index in [1.807, 2.05) is 5.43 Å². The third kappa shape index (κ3) is 4.72. The summed E-state index contributed by atoms with van der Waals surface area (Å²) < 4.78 is 40.8. The number of nitrogen functional groups attached to an aromatic ring is 1. The molecule has 0 saturated heterocycles. The number of nitrogens with two attached hydrogens (primary N) is 1. The quantitative estimate of drug-likeness (QED) is 0.278. The summed E-state index contributed by atoms with van der Waals surface area (Å²) in [5.74, 6) is 3.52. The summed E-state index contributed by atoms with van der Waals surface area (Å²) >= 11 is 12.2. The Kier molecular flexibility index (Phi) is 6.77. The Labute approximate surface area is 190 Å². The number of carbonyl (C=O) groups excluding carboxylic acids is 2. The molecule has 12 heteroatoms. The number of nitrogens with zero attached hydrogens (tertiary/aromatic N) is 2. The summed E-state index contributed by atoms with van der Waals surface area (Å²) in [6.07, 6.45) is -4.44. The Bertz CT molecular complexity index is 1190. The number of amides is 2. The summed E-state index contributed by atoms with van der Waals surface area (Å²) in [6, 6.07) is 9.39. The largest absolute Gasteiger partial charge is 0.435 e. The smallest absolute Gasteiger partial charge is 0.320 e. The van der Waals surface area contributed by atoms with Gasteiger partial charge in [-0.2, -0.15) is 18.3 Å². The first-order chi connectivity index (χ1) is 15.1. The Balaban J connectivity index is 2.14. The molecule has 0 unspecified atom stereocenters. The monoisotopic (exact) mass is 485 g/mol. The van der Waals surface area contributed by atoms with Gasteiger partial charge in [-0.25, -0.2) is 10.5 Å². The molecule has 7 nitrogen and oxygen atoms in total. The van der Waals surface area contributed by atoms with Crippen LogP contribution in [0.15, 0.2) is 42.5 Å². The highest BCUT2D eigenvalue weighted by Crippen LogP contribution is 2.32. The molecular formula is C20H16Cl2F3N5O2. The zero-order chi connectivity index (χ0) is 23.6. The van der Waals surface area contributed by atoms with Crippen LogP contribution in [-0.4, -0.2) is 21.6 Å². The number of hydrazine groups is 1. The van der Waals surface area contributed by atoms with E-state index in [0.29, 0.717) is 18.1 Å². The number of rotatable bonds is 5. The normalized spacial score (nSPS) is 11.3. The second-order valence-electron chi connectivity index (χ2n) is 6.54. The van der Waals surface area contributed by atoms with Crippen LogP contribution in [0, 0.1) is 0 Å². The molecule has 0 aliphatic rings. The van der Waals surface area contributed by atoms with Crippen LogP contribution in [0.4, 0.5) is 18.9 Å². The minimum Gasteiger partial charge on any atom is -0.320 e. The predicted octanol–water partition coefficient (Wildman–Crippen LogP) is 4.62. The van der Waals surface area contributed by atoms with Crippen molar-refractivity contribution in [3.63, 3.8) is 0 Å². The van der Waals surface area contributed by atoms with E-state index >= 15 is 0 Å². The standard InChI is InChI=1S/C20H16Cl2F3N5O2/c1-2-10-7-11(21)8-12(18(31)28-26)17(10)27-19(32)15-9-16(20(23,24)25)29-30(15)14-6-4-3-5-13(14)22/h3-9H,2,26H2,1H3,(H,27,32)(H,28,31). The number of aromatic nitrogens is 2. The van der Waals surface area contributed by atoms with Crippen LogP contribution in [0.3, 0.4) is 0 Å². The SMILES string of the molecule is CCc1cc(Cl)cc(C(=O)NN)c1NC(=O)c1cc(C(F)(F)F)nn1-c1ccccc1Cl. The molecule has 0 radical (unpaired) electrons. The topological polar surface area (TPSA) is 102 Å². The third-order valence-electron chi connectivity index (χ3n) is 4.49. The number of para-hydroxylation sites is 1. The van der Waals surface area contributed by atoms with E-state index in [4.69, 9.17) is 29.0 Å². The highest BCUT2D eigenvalue weighted by Gasteiger charge is 2.36. The Hall–Kier alpha value is -3.08. The predicted molar refractivity (Wildman–Crippen MR) is 114 cm³/mol. The number of nitrogens with one attached hydrogen (secondary N) is 2. The molecule has 0 bridgehead atoms. The molecular weight excluding hydrogens is 470 g/mol. The van der Waals surface area contributed by atoms with E-state index in [9.17, 15) is 22.8 Å². The lowest BCUT2D eigenvalue weighted by atomic mass is 10.0. The average Bonchev–Trinajstić information content (AvgIpc) is 3.20. The second-order valence-corrected chi connectivity index (χ2v) is 7.39. The van der Waals surface area contributed by atoms with Gasteiger partial charge in [0.15, 0.2) is 5.69 Å². The van der Waals surface area contributed by atoms with E-state index in [1.54, 1.807) is 13.0 Å². The van der Waals surface area contributed by atoms with Crippen molar-refractivity contribution in [3.05, 3.63) is 75.0 Å². The van der Waals surface area contributed by atoms with Gasteiger partial charge in [-0.1, -0.05) is 42.3 Å². The number of hydrogen-bond acceptors (Lipinski definition) is 4. The van der Waals surface area contributed by atoms with Crippen LogP contribution < -0.4 is 16.6 Å². The summed E-state index contributed by atoms with van der Waals surface area (Å²) in [4.78, 5) is 25.3. The molecule has 1 aromatic heterocycles. The van der Waals surface area contributed by atoms with Crippen LogP contribution in [0.2, 0.25) is 10.0 Å². The first-order valence-electron chi connectivity index (χ1n) is 9.13. The third-order valence-corrected chi connectivity index (χ3v) is 5.03. The van der Waals surface area contributed by atoms with Gasteiger partial charge in [0.2, 0.25) is 0 Å². The van der Waals surface area contributed by atoms with E-state index in [-0.39, 0.29) is 27.0 Å². The number of halogens is 5. The van der Waals surface area contributed by atoms with Crippen LogP contribution in [0.25, 0.3) is 5.69 Å². The van der Waals surface area contributed by atoms with Gasteiger partial charge >= 0.3 is 6.18 Å². The van der Waals surface area contributed by atoms with E-state index in [2.05, 4.69) is 10.4 Å². The first kappa shape index (κ1) is 23.6. The van der Waals surface area contributed by atoms with Crippen molar-refractivity contribution in [2.45, 2.75) is 19.5 Å². The van der Waals surface area contributed by atoms with Gasteiger partial charge in [-0.3, -0.25) is 15.0 Å². The van der Waals surface area contributed by atoms with Gasteiger partial charge in [0, 0.05) is 11.1 Å². The molecule has 0 atom stereocenters. The molecule has 0 spiro atoms. The summed E-state index contributed by atoms with van der Waals surface area (Å²) in [6.45, 7) is 1.75. The lowest BCUT2D eigenvalue weighted by Crippen LogP contribution is -2.31. The van der Waals surface area contributed by atoms with Crippen molar-refractivity contribution in [1.82, 2.24) is 15.2 Å². The van der Waals surface area contributed by atoms with Crippen molar-refractivity contribution in [1.29, 1.82) is 0 Å². The van der Waals surface area contributed by atoms with Crippen molar-refractivity contribution in [2.75, 3.05) is 5.32 Å². The van der Waals surface area contributed by atoms with Gasteiger partial charge < -0.3 is 5.32 Å². The number of carbonyl (C=O) groups is 2. The molecule has 2 amide bonds. The molecule has 4 N–H and O–H groups in total. The maximum absolute atomic E-state index is 13.3. The molecule has 0 aliphatic carbocycles. The van der Waals surface area contributed by atoms with Crippen LogP contribution in [0.1, 0.15) is 39.0 Å². The molecule has 2 aromatic carbocycles. The molecule has 32 heavy (non-hydrogen) atoms. The lowest BCUT2D eigenvalue weighted by Gasteiger charge is -2.16. The van der Waals surface area contributed by atoms with Crippen molar-refractivity contribution in [2.24, 2.45) is 5.84 Å². The zero-order valence-electron chi connectivity index (χ0n) is 16.4. The molecule has 3 rings (SSSR count). The number of alkyl halides is 3. The fourth-order valence-electron chi connectivity index (χ4n) is 3.01. The molecule has 3 aromatic rings. The fourth-order valence-corrected chi connectivity index (χ4v) is 3.47. The number of anilines is 1. The first-order valence-corrected chi connectivity index (χ1v) is 9.89. The van der Waals surface area contributed by atoms with Gasteiger partial charge in [-0.05, 0) is 36.2 Å². The minimum atomic E-state index is -4.80. The number of aryl methyl sites for hydroxylation is 1. The van der Waals surface area contributed by atoms with Gasteiger partial charge in [0.05, 0.1) is 22.0 Å². The average molecular weight is 486 g/mol. The summed E-state index contributed by atoms with van der Waals surface area (Å²) in [5.41, 5.74) is 0.780. The molecule has 0 aliphatic heterocycles. The molecule has 0 saturated carbocycles. The number of benzene rings is 2. The van der Waals surface area contributed by atoms with Crippen molar-refractivity contribution >= 4 is 40.7 Å². The zero-order valence-corrected chi connectivity index (χ0v) is 17.9. The maximum atomic E-state index is 13.3. The molecule has 168 valence electrons. The highest BCUT2D eigenvalue weighted by molar-refractivity contribution is 6.32.